The van der Waals surface area contributed by atoms with Crippen molar-refractivity contribution in [3.05, 3.63) is 39.8 Å². The summed E-state index contributed by atoms with van der Waals surface area (Å²) in [5.74, 6) is -2.99. The maximum absolute atomic E-state index is 13.1. The predicted octanol–water partition coefficient (Wildman–Crippen LogP) is 2.57. The number of rotatable bonds is 2. The SMILES string of the molecule is O=C(O)C(O)=Cc1ccc(Br)cc1F. The van der Waals surface area contributed by atoms with E-state index in [4.69, 9.17) is 10.2 Å². The maximum atomic E-state index is 13.1. The molecule has 0 spiro atoms. The van der Waals surface area contributed by atoms with Crippen molar-refractivity contribution in [3.63, 3.8) is 0 Å². The summed E-state index contributed by atoms with van der Waals surface area (Å²) in [7, 11) is 0. The van der Waals surface area contributed by atoms with E-state index in [1.807, 2.05) is 0 Å². The topological polar surface area (TPSA) is 57.5 Å². The van der Waals surface area contributed by atoms with Gasteiger partial charge < -0.3 is 10.2 Å². The second kappa shape index (κ2) is 4.23. The van der Waals surface area contributed by atoms with Crippen molar-refractivity contribution < 1.29 is 19.4 Å². The van der Waals surface area contributed by atoms with Gasteiger partial charge in [-0.3, -0.25) is 0 Å². The molecule has 0 aliphatic rings. The molecular weight excluding hydrogens is 255 g/mol. The Bertz CT molecular complexity index is 401. The fourth-order valence-electron chi connectivity index (χ4n) is 0.828. The number of hydrogen-bond acceptors (Lipinski definition) is 2. The van der Waals surface area contributed by atoms with Crippen LogP contribution in [0.4, 0.5) is 4.39 Å². The second-order valence-corrected chi connectivity index (χ2v) is 3.42. The van der Waals surface area contributed by atoms with Gasteiger partial charge in [-0.15, -0.1) is 0 Å². The van der Waals surface area contributed by atoms with Crippen molar-refractivity contribution >= 4 is 28.0 Å². The summed E-state index contributed by atoms with van der Waals surface area (Å²) >= 11 is 3.05. The lowest BCUT2D eigenvalue weighted by atomic mass is 10.2. The van der Waals surface area contributed by atoms with Gasteiger partial charge in [0.25, 0.3) is 0 Å². The Balaban J connectivity index is 3.09. The summed E-state index contributed by atoms with van der Waals surface area (Å²) in [6, 6.07) is 4.09. The van der Waals surface area contributed by atoms with E-state index in [2.05, 4.69) is 15.9 Å². The molecule has 1 rings (SSSR count). The summed E-state index contributed by atoms with van der Waals surface area (Å²) < 4.78 is 13.6. The normalized spacial score (nSPS) is 11.4. The van der Waals surface area contributed by atoms with Gasteiger partial charge in [0.2, 0.25) is 5.76 Å². The van der Waals surface area contributed by atoms with Gasteiger partial charge in [-0.25, -0.2) is 9.18 Å². The number of carboxylic acids is 1. The maximum Gasteiger partial charge on any atom is 0.370 e. The molecule has 14 heavy (non-hydrogen) atoms. The molecule has 0 heterocycles. The predicted molar refractivity (Wildman–Crippen MR) is 52.3 cm³/mol. The first kappa shape index (κ1) is 10.7. The van der Waals surface area contributed by atoms with E-state index in [1.54, 1.807) is 6.07 Å². The lowest BCUT2D eigenvalue weighted by molar-refractivity contribution is -0.135. The van der Waals surface area contributed by atoms with Gasteiger partial charge in [0.1, 0.15) is 5.82 Å². The van der Waals surface area contributed by atoms with Crippen molar-refractivity contribution in [2.24, 2.45) is 0 Å². The van der Waals surface area contributed by atoms with E-state index in [0.717, 1.165) is 6.08 Å². The standard InChI is InChI=1S/C9H6BrFO3/c10-6-2-1-5(7(11)4-6)3-8(12)9(13)14/h1-4,12H,(H,13,14). The van der Waals surface area contributed by atoms with Crippen LogP contribution in [-0.4, -0.2) is 16.2 Å². The number of halogens is 2. The van der Waals surface area contributed by atoms with Crippen LogP contribution in [0.1, 0.15) is 5.56 Å². The molecule has 0 amide bonds. The molecule has 2 N–H and O–H groups in total. The first-order chi connectivity index (χ1) is 6.50. The molecule has 5 heteroatoms. The minimum atomic E-state index is -1.49. The van der Waals surface area contributed by atoms with Crippen molar-refractivity contribution in [3.8, 4) is 0 Å². The lowest BCUT2D eigenvalue weighted by Gasteiger charge is -1.98. The number of carboxylic acid groups (broad SMARTS) is 1. The van der Waals surface area contributed by atoms with Gasteiger partial charge in [0, 0.05) is 10.0 Å². The third kappa shape index (κ3) is 2.56. The van der Waals surface area contributed by atoms with Crippen molar-refractivity contribution in [2.75, 3.05) is 0 Å². The van der Waals surface area contributed by atoms with Crippen LogP contribution in [-0.2, 0) is 4.79 Å². The highest BCUT2D eigenvalue weighted by Gasteiger charge is 2.06. The van der Waals surface area contributed by atoms with Crippen LogP contribution >= 0.6 is 15.9 Å². The van der Waals surface area contributed by atoms with Crippen LogP contribution in [0.25, 0.3) is 6.08 Å². The Morgan fingerprint density at radius 3 is 2.57 bits per heavy atom. The molecule has 0 fully saturated rings. The Morgan fingerprint density at radius 1 is 1.43 bits per heavy atom. The average Bonchev–Trinajstić information content (AvgIpc) is 2.09. The molecule has 0 aliphatic heterocycles. The molecule has 0 bridgehead atoms. The monoisotopic (exact) mass is 260 g/mol. The summed E-state index contributed by atoms with van der Waals surface area (Å²) in [4.78, 5) is 10.2. The van der Waals surface area contributed by atoms with Crippen molar-refractivity contribution in [2.45, 2.75) is 0 Å². The van der Waals surface area contributed by atoms with Gasteiger partial charge in [0.05, 0.1) is 0 Å². The molecule has 1 aromatic carbocycles. The zero-order chi connectivity index (χ0) is 10.7. The second-order valence-electron chi connectivity index (χ2n) is 2.50. The van der Waals surface area contributed by atoms with E-state index >= 15 is 0 Å². The Kier molecular flexibility index (Phi) is 3.24. The minimum absolute atomic E-state index is 0.0214. The Labute approximate surface area is 87.6 Å². The van der Waals surface area contributed by atoms with E-state index < -0.39 is 17.5 Å². The van der Waals surface area contributed by atoms with Gasteiger partial charge in [0.15, 0.2) is 0 Å². The molecule has 0 atom stereocenters. The lowest BCUT2D eigenvalue weighted by Crippen LogP contribution is -1.98. The van der Waals surface area contributed by atoms with Crippen LogP contribution in [0.15, 0.2) is 28.4 Å². The number of aliphatic hydroxyl groups excluding tert-OH is 1. The van der Waals surface area contributed by atoms with Crippen molar-refractivity contribution in [1.82, 2.24) is 0 Å². The van der Waals surface area contributed by atoms with Gasteiger partial charge in [-0.1, -0.05) is 22.0 Å². The summed E-state index contributed by atoms with van der Waals surface area (Å²) in [6.07, 6.45) is 0.851. The quantitative estimate of drug-likeness (QED) is 0.635. The molecule has 0 aromatic heterocycles. The van der Waals surface area contributed by atoms with E-state index in [1.165, 1.54) is 12.1 Å². The molecule has 0 saturated carbocycles. The zero-order valence-electron chi connectivity index (χ0n) is 6.87. The number of aliphatic hydroxyl groups is 1. The van der Waals surface area contributed by atoms with Crippen molar-refractivity contribution in [1.29, 1.82) is 0 Å². The van der Waals surface area contributed by atoms with E-state index in [9.17, 15) is 9.18 Å². The van der Waals surface area contributed by atoms with Gasteiger partial charge in [-0.05, 0) is 18.2 Å². The molecule has 0 radical (unpaired) electrons. The van der Waals surface area contributed by atoms with E-state index in [-0.39, 0.29) is 5.56 Å². The number of hydrogen-bond donors (Lipinski definition) is 2. The number of benzene rings is 1. The molecular formula is C9H6BrFO3. The summed E-state index contributed by atoms with van der Waals surface area (Å²) in [5, 5.41) is 17.2. The fourth-order valence-corrected chi connectivity index (χ4v) is 1.16. The average molecular weight is 261 g/mol. The smallest absolute Gasteiger partial charge is 0.370 e. The van der Waals surface area contributed by atoms with Crippen LogP contribution < -0.4 is 0 Å². The highest BCUT2D eigenvalue weighted by atomic mass is 79.9. The Morgan fingerprint density at radius 2 is 2.07 bits per heavy atom. The third-order valence-electron chi connectivity index (χ3n) is 1.47. The highest BCUT2D eigenvalue weighted by Crippen LogP contribution is 2.17. The Hall–Kier alpha value is -1.36. The largest absolute Gasteiger partial charge is 0.502 e. The first-order valence-corrected chi connectivity index (χ1v) is 4.39. The zero-order valence-corrected chi connectivity index (χ0v) is 8.45. The van der Waals surface area contributed by atoms with Crippen LogP contribution in [0.5, 0.6) is 0 Å². The van der Waals surface area contributed by atoms with Gasteiger partial charge in [-0.2, -0.15) is 0 Å². The molecule has 0 unspecified atom stereocenters. The fraction of sp³-hybridized carbons (Fsp3) is 0. The van der Waals surface area contributed by atoms with Crippen LogP contribution in [0.3, 0.4) is 0 Å². The van der Waals surface area contributed by atoms with Gasteiger partial charge >= 0.3 is 5.97 Å². The number of carbonyl (C=O) groups is 1. The minimum Gasteiger partial charge on any atom is -0.502 e. The molecule has 0 aliphatic carbocycles. The molecule has 74 valence electrons. The van der Waals surface area contributed by atoms with Crippen LogP contribution in [0, 0.1) is 5.82 Å². The highest BCUT2D eigenvalue weighted by molar-refractivity contribution is 9.10. The van der Waals surface area contributed by atoms with Crippen LogP contribution in [0.2, 0.25) is 0 Å². The first-order valence-electron chi connectivity index (χ1n) is 3.59. The summed E-state index contributed by atoms with van der Waals surface area (Å²) in [5.41, 5.74) is 0.0214. The molecule has 1 aromatic rings. The molecule has 0 saturated heterocycles. The number of aliphatic carboxylic acids is 1. The summed E-state index contributed by atoms with van der Waals surface area (Å²) in [6.45, 7) is 0. The molecule has 3 nitrogen and oxygen atoms in total. The third-order valence-corrected chi connectivity index (χ3v) is 1.97. The van der Waals surface area contributed by atoms with E-state index in [0.29, 0.717) is 4.47 Å².